The number of fused-ring (bicyclic) bond motifs is 1. The average Bonchev–Trinajstić information content (AvgIpc) is 3.11. The van der Waals surface area contributed by atoms with Crippen LogP contribution in [0.15, 0.2) is 46.4 Å². The number of nitrogens with zero attached hydrogens (tertiary/aromatic N) is 1. The van der Waals surface area contributed by atoms with Gasteiger partial charge in [-0.1, -0.05) is 28.1 Å². The van der Waals surface area contributed by atoms with Crippen LogP contribution in [-0.4, -0.2) is 19.8 Å². The zero-order chi connectivity index (χ0) is 18.5. The lowest BCUT2D eigenvalue weighted by atomic mass is 10.1. The topological polar surface area (TPSA) is 80.6 Å². The predicted octanol–water partition coefficient (Wildman–Crippen LogP) is 3.41. The first-order valence-electron chi connectivity index (χ1n) is 7.73. The maximum absolute atomic E-state index is 12.3. The van der Waals surface area contributed by atoms with Crippen LogP contribution < -0.4 is 19.5 Å². The summed E-state index contributed by atoms with van der Waals surface area (Å²) in [6, 6.07) is 12.7. The van der Waals surface area contributed by atoms with E-state index in [0.29, 0.717) is 28.1 Å². The molecule has 26 heavy (non-hydrogen) atoms. The molecule has 1 heterocycles. The Bertz CT molecular complexity index is 901. The number of methoxy groups -OCH3 is 1. The molecule has 0 aromatic heterocycles. The van der Waals surface area contributed by atoms with E-state index in [1.54, 1.807) is 19.2 Å². The van der Waals surface area contributed by atoms with Crippen molar-refractivity contribution in [3.8, 4) is 23.3 Å². The normalized spacial score (nSPS) is 12.4. The third-order valence-corrected chi connectivity index (χ3v) is 4.46. The molecule has 6 nitrogen and oxygen atoms in total. The van der Waals surface area contributed by atoms with Gasteiger partial charge >= 0.3 is 0 Å². The lowest BCUT2D eigenvalue weighted by molar-refractivity contribution is -0.117. The Morgan fingerprint density at radius 1 is 1.31 bits per heavy atom. The van der Waals surface area contributed by atoms with Gasteiger partial charge in [0, 0.05) is 11.0 Å². The molecule has 7 heteroatoms. The molecule has 132 valence electrons. The second-order valence-corrected chi connectivity index (χ2v) is 6.28. The SMILES string of the molecule is COc1ccc(CNC(=O)/C(C#N)=C/c2cc3c(cc2Br)OCO3)cc1. The van der Waals surface area contributed by atoms with Crippen LogP contribution in [0.25, 0.3) is 6.08 Å². The molecule has 0 saturated heterocycles. The quantitative estimate of drug-likeness (QED) is 0.598. The van der Waals surface area contributed by atoms with Gasteiger partial charge in [-0.15, -0.1) is 0 Å². The Kier molecular flexibility index (Phi) is 5.44. The molecule has 1 aliphatic heterocycles. The molecule has 0 atom stereocenters. The van der Waals surface area contributed by atoms with Gasteiger partial charge in [0.2, 0.25) is 6.79 Å². The molecular formula is C19H15BrN2O4. The predicted molar refractivity (Wildman–Crippen MR) is 98.7 cm³/mol. The Morgan fingerprint density at radius 3 is 2.65 bits per heavy atom. The van der Waals surface area contributed by atoms with Gasteiger partial charge in [-0.2, -0.15) is 5.26 Å². The molecule has 0 aliphatic carbocycles. The summed E-state index contributed by atoms with van der Waals surface area (Å²) in [5.74, 6) is 1.49. The molecule has 0 radical (unpaired) electrons. The Morgan fingerprint density at radius 2 is 2.00 bits per heavy atom. The minimum Gasteiger partial charge on any atom is -0.497 e. The fraction of sp³-hybridized carbons (Fsp3) is 0.158. The number of nitrogens with one attached hydrogen (secondary N) is 1. The van der Waals surface area contributed by atoms with Crippen molar-refractivity contribution < 1.29 is 19.0 Å². The number of nitriles is 1. The maximum atomic E-state index is 12.3. The first kappa shape index (κ1) is 17.8. The van der Waals surface area contributed by atoms with Crippen LogP contribution in [0.1, 0.15) is 11.1 Å². The van der Waals surface area contributed by atoms with Gasteiger partial charge in [0.1, 0.15) is 17.4 Å². The highest BCUT2D eigenvalue weighted by Crippen LogP contribution is 2.37. The lowest BCUT2D eigenvalue weighted by Gasteiger charge is -2.07. The van der Waals surface area contributed by atoms with E-state index in [1.807, 2.05) is 30.3 Å². The van der Waals surface area contributed by atoms with Crippen LogP contribution in [-0.2, 0) is 11.3 Å². The first-order chi connectivity index (χ1) is 12.6. The smallest absolute Gasteiger partial charge is 0.262 e. The van der Waals surface area contributed by atoms with Crippen molar-refractivity contribution >= 4 is 27.9 Å². The van der Waals surface area contributed by atoms with E-state index in [1.165, 1.54) is 6.08 Å². The zero-order valence-electron chi connectivity index (χ0n) is 13.9. The standard InChI is InChI=1S/C19H15BrN2O4/c1-24-15-4-2-12(3-5-15)10-22-19(23)14(9-21)6-13-7-17-18(8-16(13)20)26-11-25-17/h2-8H,10-11H2,1H3,(H,22,23)/b14-6+. The summed E-state index contributed by atoms with van der Waals surface area (Å²) in [6.45, 7) is 0.465. The lowest BCUT2D eigenvalue weighted by Crippen LogP contribution is -2.23. The van der Waals surface area contributed by atoms with Crippen LogP contribution in [0.4, 0.5) is 0 Å². The Balaban J connectivity index is 1.72. The Labute approximate surface area is 159 Å². The summed E-state index contributed by atoms with van der Waals surface area (Å²) >= 11 is 3.41. The van der Waals surface area contributed by atoms with E-state index >= 15 is 0 Å². The fourth-order valence-electron chi connectivity index (χ4n) is 2.37. The second kappa shape index (κ2) is 7.93. The molecule has 0 unspecified atom stereocenters. The van der Waals surface area contributed by atoms with Crippen LogP contribution >= 0.6 is 15.9 Å². The molecule has 2 aromatic carbocycles. The molecule has 1 N–H and O–H groups in total. The van der Waals surface area contributed by atoms with Gasteiger partial charge in [0.05, 0.1) is 7.11 Å². The van der Waals surface area contributed by atoms with Crippen molar-refractivity contribution in [1.29, 1.82) is 5.26 Å². The number of ether oxygens (including phenoxy) is 3. The molecular weight excluding hydrogens is 400 g/mol. The van der Waals surface area contributed by atoms with Crippen molar-refractivity contribution in [1.82, 2.24) is 5.32 Å². The molecule has 1 aliphatic rings. The molecule has 0 spiro atoms. The number of rotatable bonds is 5. The van der Waals surface area contributed by atoms with Crippen molar-refractivity contribution in [2.45, 2.75) is 6.54 Å². The third-order valence-electron chi connectivity index (χ3n) is 3.77. The van der Waals surface area contributed by atoms with Gasteiger partial charge in [-0.25, -0.2) is 0 Å². The molecule has 2 aromatic rings. The van der Waals surface area contributed by atoms with Gasteiger partial charge in [0.15, 0.2) is 11.5 Å². The van der Waals surface area contributed by atoms with Crippen LogP contribution in [0, 0.1) is 11.3 Å². The Hall–Kier alpha value is -2.98. The first-order valence-corrected chi connectivity index (χ1v) is 8.52. The van der Waals surface area contributed by atoms with E-state index in [9.17, 15) is 10.1 Å². The van der Waals surface area contributed by atoms with Crippen LogP contribution in [0.2, 0.25) is 0 Å². The number of carbonyl (C=O) groups excluding carboxylic acids is 1. The van der Waals surface area contributed by atoms with Crippen molar-refractivity contribution in [2.24, 2.45) is 0 Å². The number of hydrogen-bond acceptors (Lipinski definition) is 5. The maximum Gasteiger partial charge on any atom is 0.262 e. The summed E-state index contributed by atoms with van der Waals surface area (Å²) in [5.41, 5.74) is 1.56. The number of benzene rings is 2. The van der Waals surface area contributed by atoms with Gasteiger partial charge in [-0.3, -0.25) is 4.79 Å². The van der Waals surface area contributed by atoms with Gasteiger partial charge in [-0.05, 0) is 41.5 Å². The monoisotopic (exact) mass is 414 g/mol. The van der Waals surface area contributed by atoms with Crippen LogP contribution in [0.5, 0.6) is 17.2 Å². The minimum atomic E-state index is -0.451. The summed E-state index contributed by atoms with van der Waals surface area (Å²) in [6.07, 6.45) is 1.51. The van der Waals surface area contributed by atoms with E-state index in [2.05, 4.69) is 21.2 Å². The highest BCUT2D eigenvalue weighted by atomic mass is 79.9. The fourth-order valence-corrected chi connectivity index (χ4v) is 2.81. The highest BCUT2D eigenvalue weighted by Gasteiger charge is 2.17. The number of halogens is 1. The van der Waals surface area contributed by atoms with Gasteiger partial charge < -0.3 is 19.5 Å². The van der Waals surface area contributed by atoms with E-state index < -0.39 is 5.91 Å². The summed E-state index contributed by atoms with van der Waals surface area (Å²) in [4.78, 5) is 12.3. The highest BCUT2D eigenvalue weighted by molar-refractivity contribution is 9.10. The summed E-state index contributed by atoms with van der Waals surface area (Å²) in [7, 11) is 1.59. The largest absolute Gasteiger partial charge is 0.497 e. The van der Waals surface area contributed by atoms with Crippen molar-refractivity contribution in [3.05, 3.63) is 57.6 Å². The van der Waals surface area contributed by atoms with Crippen molar-refractivity contribution in [2.75, 3.05) is 13.9 Å². The summed E-state index contributed by atoms with van der Waals surface area (Å²) in [5, 5.41) is 12.1. The molecule has 0 bridgehead atoms. The molecule has 3 rings (SSSR count). The van der Waals surface area contributed by atoms with E-state index in [0.717, 1.165) is 11.3 Å². The number of carbonyl (C=O) groups is 1. The molecule has 1 amide bonds. The third kappa shape index (κ3) is 3.98. The summed E-state index contributed by atoms with van der Waals surface area (Å²) < 4.78 is 16.4. The number of hydrogen-bond donors (Lipinski definition) is 1. The average molecular weight is 415 g/mol. The van der Waals surface area contributed by atoms with Gasteiger partial charge in [0.25, 0.3) is 5.91 Å². The zero-order valence-corrected chi connectivity index (χ0v) is 15.5. The van der Waals surface area contributed by atoms with E-state index in [4.69, 9.17) is 14.2 Å². The van der Waals surface area contributed by atoms with Crippen molar-refractivity contribution in [3.63, 3.8) is 0 Å². The number of amides is 1. The van der Waals surface area contributed by atoms with Crippen LogP contribution in [0.3, 0.4) is 0 Å². The molecule has 0 saturated carbocycles. The minimum absolute atomic E-state index is 0.00178. The molecule has 0 fully saturated rings. The second-order valence-electron chi connectivity index (χ2n) is 5.43. The van der Waals surface area contributed by atoms with E-state index in [-0.39, 0.29) is 12.4 Å².